The molecule has 0 bridgehead atoms. The van der Waals surface area contributed by atoms with Gasteiger partial charge in [-0.05, 0) is 29.3 Å². The van der Waals surface area contributed by atoms with Crippen LogP contribution in [0.1, 0.15) is 11.1 Å². The van der Waals surface area contributed by atoms with E-state index in [0.717, 1.165) is 10.1 Å². The third-order valence-corrected chi connectivity index (χ3v) is 5.16. The topological polar surface area (TPSA) is 54.9 Å². The predicted octanol–water partition coefficient (Wildman–Crippen LogP) is 4.62. The maximum atomic E-state index is 13.1. The Morgan fingerprint density at radius 1 is 1.16 bits per heavy atom. The zero-order chi connectivity index (χ0) is 17.5. The van der Waals surface area contributed by atoms with E-state index in [1.165, 1.54) is 35.1 Å². The number of carbonyl (C=O) groups is 1. The minimum absolute atomic E-state index is 0.333. The number of rotatable bonds is 6. The summed E-state index contributed by atoms with van der Waals surface area (Å²) in [5.41, 5.74) is 1.82. The zero-order valence-electron chi connectivity index (χ0n) is 13.1. The lowest BCUT2D eigenvalue weighted by atomic mass is 10.2. The van der Waals surface area contributed by atoms with Crippen LogP contribution in [0.5, 0.6) is 0 Å². The van der Waals surface area contributed by atoms with Crippen molar-refractivity contribution in [3.05, 3.63) is 77.6 Å². The van der Waals surface area contributed by atoms with Crippen molar-refractivity contribution in [1.29, 1.82) is 0 Å². The van der Waals surface area contributed by atoms with Gasteiger partial charge in [0.15, 0.2) is 4.34 Å². The number of amides is 1. The van der Waals surface area contributed by atoms with Gasteiger partial charge >= 0.3 is 0 Å². The first-order valence-corrected chi connectivity index (χ1v) is 9.24. The lowest BCUT2D eigenvalue weighted by Crippen LogP contribution is -2.07. The molecule has 0 aliphatic heterocycles. The highest BCUT2D eigenvalue weighted by molar-refractivity contribution is 8.00. The van der Waals surface area contributed by atoms with E-state index in [1.807, 2.05) is 30.3 Å². The average Bonchev–Trinajstić information content (AvgIpc) is 3.06. The molecule has 25 heavy (non-hydrogen) atoms. The van der Waals surface area contributed by atoms with E-state index in [-0.39, 0.29) is 11.7 Å². The molecule has 4 nitrogen and oxygen atoms in total. The Morgan fingerprint density at radius 3 is 2.80 bits per heavy atom. The van der Waals surface area contributed by atoms with Crippen LogP contribution in [0.15, 0.2) is 65.0 Å². The third-order valence-electron chi connectivity index (χ3n) is 3.12. The summed E-state index contributed by atoms with van der Waals surface area (Å²) < 4.78 is 13.9. The Kier molecular flexibility index (Phi) is 5.92. The summed E-state index contributed by atoms with van der Waals surface area (Å²) in [6, 6.07) is 16.1. The fraction of sp³-hybridized carbons (Fsp3) is 0.0556. The summed E-state index contributed by atoms with van der Waals surface area (Å²) in [6.45, 7) is 0. The number of thioether (sulfide) groups is 1. The summed E-state index contributed by atoms with van der Waals surface area (Å²) in [6.07, 6.45) is 2.89. The molecule has 2 aromatic carbocycles. The van der Waals surface area contributed by atoms with E-state index in [1.54, 1.807) is 30.0 Å². The van der Waals surface area contributed by atoms with Gasteiger partial charge in [-0.3, -0.25) is 10.1 Å². The zero-order valence-corrected chi connectivity index (χ0v) is 14.7. The molecule has 7 heteroatoms. The molecule has 1 N–H and O–H groups in total. The van der Waals surface area contributed by atoms with Crippen molar-refractivity contribution in [2.75, 3.05) is 5.32 Å². The summed E-state index contributed by atoms with van der Waals surface area (Å²) in [5, 5.41) is 11.1. The van der Waals surface area contributed by atoms with Gasteiger partial charge in [0.25, 0.3) is 0 Å². The summed E-state index contributed by atoms with van der Waals surface area (Å²) in [5.74, 6) is 0.120. The SMILES string of the molecule is O=C(/C=C/c1cccc(F)c1)Nc1nnc(SCc2ccccc2)s1. The first kappa shape index (κ1) is 17.3. The van der Waals surface area contributed by atoms with Gasteiger partial charge in [-0.1, -0.05) is 65.6 Å². The molecule has 0 aliphatic carbocycles. The summed E-state index contributed by atoms with van der Waals surface area (Å²) >= 11 is 2.89. The molecular formula is C18H14FN3OS2. The summed E-state index contributed by atoms with van der Waals surface area (Å²) in [7, 11) is 0. The highest BCUT2D eigenvalue weighted by Crippen LogP contribution is 2.28. The third kappa shape index (κ3) is 5.51. The monoisotopic (exact) mass is 371 g/mol. The van der Waals surface area contributed by atoms with Crippen LogP contribution >= 0.6 is 23.1 Å². The molecule has 1 amide bonds. The molecule has 1 heterocycles. The molecule has 0 aliphatic rings. The van der Waals surface area contributed by atoms with Gasteiger partial charge in [0.05, 0.1) is 0 Å². The highest BCUT2D eigenvalue weighted by Gasteiger charge is 2.07. The van der Waals surface area contributed by atoms with Crippen molar-refractivity contribution in [2.45, 2.75) is 10.1 Å². The Balaban J connectivity index is 1.53. The molecule has 3 aromatic rings. The maximum absolute atomic E-state index is 13.1. The fourth-order valence-corrected chi connectivity index (χ4v) is 3.68. The molecule has 0 unspecified atom stereocenters. The number of hydrogen-bond donors (Lipinski definition) is 1. The van der Waals surface area contributed by atoms with Crippen LogP contribution in [0.4, 0.5) is 9.52 Å². The lowest BCUT2D eigenvalue weighted by molar-refractivity contribution is -0.111. The van der Waals surface area contributed by atoms with Crippen LogP contribution in [0.2, 0.25) is 0 Å². The van der Waals surface area contributed by atoms with Gasteiger partial charge in [-0.2, -0.15) is 0 Å². The van der Waals surface area contributed by atoms with Crippen LogP contribution in [-0.4, -0.2) is 16.1 Å². The summed E-state index contributed by atoms with van der Waals surface area (Å²) in [4.78, 5) is 11.9. The lowest BCUT2D eigenvalue weighted by Gasteiger charge is -1.97. The van der Waals surface area contributed by atoms with Gasteiger partial charge in [0.1, 0.15) is 5.82 Å². The molecule has 0 saturated carbocycles. The number of anilines is 1. The standard InChI is InChI=1S/C18H14FN3OS2/c19-15-8-4-7-13(11-15)9-10-16(23)20-17-21-22-18(25-17)24-12-14-5-2-1-3-6-14/h1-11H,12H2,(H,20,21,23)/b10-9+. The van der Waals surface area contributed by atoms with E-state index in [9.17, 15) is 9.18 Å². The van der Waals surface area contributed by atoms with Crippen LogP contribution in [0, 0.1) is 5.82 Å². The maximum Gasteiger partial charge on any atom is 0.250 e. The van der Waals surface area contributed by atoms with Crippen molar-refractivity contribution >= 4 is 40.2 Å². The number of benzene rings is 2. The van der Waals surface area contributed by atoms with Crippen LogP contribution in [0.3, 0.4) is 0 Å². The van der Waals surface area contributed by atoms with Gasteiger partial charge in [-0.25, -0.2) is 4.39 Å². The van der Waals surface area contributed by atoms with E-state index in [0.29, 0.717) is 10.7 Å². The van der Waals surface area contributed by atoms with Gasteiger partial charge < -0.3 is 0 Å². The quantitative estimate of drug-likeness (QED) is 0.390. The molecule has 0 saturated heterocycles. The number of aromatic nitrogens is 2. The minimum atomic E-state index is -0.341. The highest BCUT2D eigenvalue weighted by atomic mass is 32.2. The van der Waals surface area contributed by atoms with E-state index in [4.69, 9.17) is 0 Å². The average molecular weight is 371 g/mol. The molecule has 0 atom stereocenters. The van der Waals surface area contributed by atoms with Crippen molar-refractivity contribution in [3.8, 4) is 0 Å². The van der Waals surface area contributed by atoms with Crippen molar-refractivity contribution in [1.82, 2.24) is 10.2 Å². The second kappa shape index (κ2) is 8.55. The molecule has 0 fully saturated rings. The number of nitrogens with zero attached hydrogens (tertiary/aromatic N) is 2. The molecule has 1 aromatic heterocycles. The normalized spacial score (nSPS) is 10.9. The van der Waals surface area contributed by atoms with Crippen LogP contribution in [0.25, 0.3) is 6.08 Å². The van der Waals surface area contributed by atoms with Crippen LogP contribution < -0.4 is 5.32 Å². The fourth-order valence-electron chi connectivity index (χ4n) is 1.97. The van der Waals surface area contributed by atoms with Crippen molar-refractivity contribution < 1.29 is 9.18 Å². The number of carbonyl (C=O) groups excluding carboxylic acids is 1. The molecular weight excluding hydrogens is 357 g/mol. The predicted molar refractivity (Wildman–Crippen MR) is 100.0 cm³/mol. The smallest absolute Gasteiger partial charge is 0.250 e. The largest absolute Gasteiger partial charge is 0.297 e. The first-order valence-electron chi connectivity index (χ1n) is 7.44. The molecule has 0 spiro atoms. The second-order valence-electron chi connectivity index (χ2n) is 5.02. The minimum Gasteiger partial charge on any atom is -0.297 e. The first-order chi connectivity index (χ1) is 12.2. The Bertz CT molecular complexity index is 881. The van der Waals surface area contributed by atoms with Gasteiger partial charge in [0.2, 0.25) is 11.0 Å². The molecule has 0 radical (unpaired) electrons. The van der Waals surface area contributed by atoms with E-state index in [2.05, 4.69) is 15.5 Å². The van der Waals surface area contributed by atoms with Gasteiger partial charge in [0, 0.05) is 11.8 Å². The van der Waals surface area contributed by atoms with Gasteiger partial charge in [-0.15, -0.1) is 10.2 Å². The number of nitrogens with one attached hydrogen (secondary N) is 1. The van der Waals surface area contributed by atoms with E-state index < -0.39 is 0 Å². The van der Waals surface area contributed by atoms with E-state index >= 15 is 0 Å². The molecule has 3 rings (SSSR count). The Hall–Kier alpha value is -2.51. The number of hydrogen-bond acceptors (Lipinski definition) is 5. The molecule has 126 valence electrons. The van der Waals surface area contributed by atoms with Crippen molar-refractivity contribution in [3.63, 3.8) is 0 Å². The van der Waals surface area contributed by atoms with Crippen LogP contribution in [-0.2, 0) is 10.5 Å². The van der Waals surface area contributed by atoms with Crippen molar-refractivity contribution in [2.24, 2.45) is 0 Å². The second-order valence-corrected chi connectivity index (χ2v) is 7.22. The Labute approximate surface area is 152 Å². The number of halogens is 1. The Morgan fingerprint density at radius 2 is 2.00 bits per heavy atom.